The lowest BCUT2D eigenvalue weighted by Crippen LogP contribution is -2.40. The van der Waals surface area contributed by atoms with Gasteiger partial charge in [0.05, 0.1) is 17.8 Å². The quantitative estimate of drug-likeness (QED) is 0.311. The van der Waals surface area contributed by atoms with Crippen LogP contribution in [-0.4, -0.2) is 42.1 Å². The second-order valence-corrected chi connectivity index (χ2v) is 9.72. The summed E-state index contributed by atoms with van der Waals surface area (Å²) in [5.74, 6) is -2.81. The van der Waals surface area contributed by atoms with Crippen LogP contribution in [0.3, 0.4) is 0 Å². The Bertz CT molecular complexity index is 911. The van der Waals surface area contributed by atoms with E-state index in [1.807, 2.05) is 6.92 Å². The molecule has 9 nitrogen and oxygen atoms in total. The van der Waals surface area contributed by atoms with Gasteiger partial charge in [-0.15, -0.1) is 0 Å². The minimum Gasteiger partial charge on any atom is -0.459 e. The molecule has 0 aromatic heterocycles. The molecule has 0 heterocycles. The number of hydrogen-bond donors (Lipinski definition) is 1. The predicted molar refractivity (Wildman–Crippen MR) is 134 cm³/mol. The van der Waals surface area contributed by atoms with Crippen molar-refractivity contribution >= 4 is 23.9 Å². The molecule has 36 heavy (non-hydrogen) atoms. The molecule has 202 valence electrons. The van der Waals surface area contributed by atoms with Crippen LogP contribution < -0.4 is 15.2 Å². The van der Waals surface area contributed by atoms with Crippen molar-refractivity contribution in [3.8, 4) is 11.5 Å². The number of hydrogen-bond acceptors (Lipinski definition) is 9. The highest BCUT2D eigenvalue weighted by Gasteiger charge is 2.26. The fourth-order valence-corrected chi connectivity index (χ4v) is 2.95. The van der Waals surface area contributed by atoms with E-state index in [1.54, 1.807) is 54.5 Å². The van der Waals surface area contributed by atoms with Crippen molar-refractivity contribution in [1.82, 2.24) is 0 Å². The van der Waals surface area contributed by atoms with E-state index < -0.39 is 42.1 Å². The number of ether oxygens (including phenoxy) is 4. The maximum atomic E-state index is 12.6. The highest BCUT2D eigenvalue weighted by molar-refractivity contribution is 5.78. The van der Waals surface area contributed by atoms with Crippen molar-refractivity contribution in [2.75, 3.05) is 0 Å². The Morgan fingerprint density at radius 1 is 0.750 bits per heavy atom. The summed E-state index contributed by atoms with van der Waals surface area (Å²) >= 11 is 0. The van der Waals surface area contributed by atoms with Crippen molar-refractivity contribution in [3.05, 3.63) is 23.8 Å². The summed E-state index contributed by atoms with van der Waals surface area (Å²) in [6.45, 7) is 13.8. The van der Waals surface area contributed by atoms with E-state index in [1.165, 1.54) is 12.1 Å². The molecule has 0 fully saturated rings. The second kappa shape index (κ2) is 14.6. The average Bonchev–Trinajstić information content (AvgIpc) is 2.80. The molecule has 0 aliphatic carbocycles. The largest absolute Gasteiger partial charge is 0.459 e. The van der Waals surface area contributed by atoms with E-state index in [2.05, 4.69) is 0 Å². The summed E-state index contributed by atoms with van der Waals surface area (Å²) in [7, 11) is 0. The molecule has 2 N–H and O–H groups in total. The standard InChI is InChI=1S/C27H41NO8/c1-9-10-17(6)26(31)33-18(7)19(8)34-27(32)21(28)13-20-11-12-22(35-24(29)15(2)3)23(14-20)36-25(30)16(4)5/h11-12,14-19,21H,9-10,13,28H2,1-8H3/t17?,18-,19-,21-/m0/s1. The molecule has 1 aromatic carbocycles. The number of rotatable bonds is 13. The van der Waals surface area contributed by atoms with E-state index >= 15 is 0 Å². The maximum absolute atomic E-state index is 12.6. The number of esters is 4. The SMILES string of the molecule is CCCC(C)C(=O)O[C@@H](C)[C@H](C)OC(=O)[C@@H](N)Cc1ccc(OC(=O)C(C)C)c(OC(=O)C(C)C)c1. The van der Waals surface area contributed by atoms with Crippen LogP contribution in [0.4, 0.5) is 0 Å². The Hall–Kier alpha value is -2.94. The van der Waals surface area contributed by atoms with Crippen LogP contribution in [0.15, 0.2) is 18.2 Å². The molecule has 0 spiro atoms. The van der Waals surface area contributed by atoms with Crippen molar-refractivity contribution < 1.29 is 38.1 Å². The topological polar surface area (TPSA) is 131 Å². The van der Waals surface area contributed by atoms with E-state index in [4.69, 9.17) is 24.7 Å². The van der Waals surface area contributed by atoms with Crippen molar-refractivity contribution in [2.24, 2.45) is 23.5 Å². The highest BCUT2D eigenvalue weighted by atomic mass is 16.6. The first kappa shape index (κ1) is 31.1. The number of carbonyl (C=O) groups excluding carboxylic acids is 4. The van der Waals surface area contributed by atoms with Gasteiger partial charge in [-0.1, -0.05) is 54.0 Å². The van der Waals surface area contributed by atoms with E-state index in [9.17, 15) is 19.2 Å². The number of benzene rings is 1. The minimum absolute atomic E-state index is 0.0656. The highest BCUT2D eigenvalue weighted by Crippen LogP contribution is 2.30. The first-order valence-corrected chi connectivity index (χ1v) is 12.5. The fourth-order valence-electron chi connectivity index (χ4n) is 2.95. The zero-order chi connectivity index (χ0) is 27.6. The third-order valence-corrected chi connectivity index (χ3v) is 5.52. The average molecular weight is 508 g/mol. The molecule has 1 unspecified atom stereocenters. The van der Waals surface area contributed by atoms with Gasteiger partial charge in [-0.3, -0.25) is 19.2 Å². The van der Waals surface area contributed by atoms with Gasteiger partial charge in [0.15, 0.2) is 11.5 Å². The summed E-state index contributed by atoms with van der Waals surface area (Å²) in [6.07, 6.45) is 0.335. The van der Waals surface area contributed by atoms with Gasteiger partial charge in [0.25, 0.3) is 0 Å². The summed E-state index contributed by atoms with van der Waals surface area (Å²) < 4.78 is 21.6. The zero-order valence-electron chi connectivity index (χ0n) is 22.7. The van der Waals surface area contributed by atoms with Gasteiger partial charge in [-0.2, -0.15) is 0 Å². The van der Waals surface area contributed by atoms with Crippen LogP contribution in [0.1, 0.15) is 73.8 Å². The van der Waals surface area contributed by atoms with E-state index in [0.29, 0.717) is 12.0 Å². The Labute approximate surface area is 214 Å². The van der Waals surface area contributed by atoms with E-state index in [0.717, 1.165) is 6.42 Å². The zero-order valence-corrected chi connectivity index (χ0v) is 22.7. The van der Waals surface area contributed by atoms with Crippen molar-refractivity contribution in [2.45, 2.75) is 92.9 Å². The molecule has 0 saturated heterocycles. The van der Waals surface area contributed by atoms with Gasteiger partial charge in [0.1, 0.15) is 18.2 Å². The summed E-state index contributed by atoms with van der Waals surface area (Å²) in [6, 6.07) is 3.62. The van der Waals surface area contributed by atoms with Gasteiger partial charge in [0.2, 0.25) is 0 Å². The monoisotopic (exact) mass is 507 g/mol. The third kappa shape index (κ3) is 9.97. The van der Waals surface area contributed by atoms with Gasteiger partial charge < -0.3 is 24.7 Å². The molecule has 1 rings (SSSR count). The second-order valence-electron chi connectivity index (χ2n) is 9.72. The molecule has 0 bridgehead atoms. The van der Waals surface area contributed by atoms with Crippen LogP contribution in [0.5, 0.6) is 11.5 Å². The van der Waals surface area contributed by atoms with Gasteiger partial charge >= 0.3 is 23.9 Å². The summed E-state index contributed by atoms with van der Waals surface area (Å²) in [5, 5.41) is 0. The lowest BCUT2D eigenvalue weighted by atomic mass is 10.1. The van der Waals surface area contributed by atoms with Crippen LogP contribution in [0, 0.1) is 17.8 Å². The maximum Gasteiger partial charge on any atom is 0.323 e. The third-order valence-electron chi connectivity index (χ3n) is 5.52. The van der Waals surface area contributed by atoms with Gasteiger partial charge in [0, 0.05) is 0 Å². The number of carbonyl (C=O) groups is 4. The molecular weight excluding hydrogens is 466 g/mol. The Morgan fingerprint density at radius 2 is 1.25 bits per heavy atom. The Kier molecular flexibility index (Phi) is 12.6. The van der Waals surface area contributed by atoms with E-state index in [-0.39, 0.29) is 35.7 Å². The lowest BCUT2D eigenvalue weighted by Gasteiger charge is -2.23. The molecule has 9 heteroatoms. The molecule has 0 aliphatic heterocycles. The van der Waals surface area contributed by atoms with Crippen LogP contribution in [0.2, 0.25) is 0 Å². The Morgan fingerprint density at radius 3 is 1.75 bits per heavy atom. The molecular formula is C27H41NO8. The predicted octanol–water partition coefficient (Wildman–Crippen LogP) is 3.98. The smallest absolute Gasteiger partial charge is 0.323 e. The van der Waals surface area contributed by atoms with Crippen molar-refractivity contribution in [3.63, 3.8) is 0 Å². The Balaban J connectivity index is 2.89. The van der Waals surface area contributed by atoms with Gasteiger partial charge in [-0.25, -0.2) is 0 Å². The molecule has 1 aromatic rings. The molecule has 0 aliphatic rings. The molecule has 0 saturated carbocycles. The molecule has 4 atom stereocenters. The molecule has 0 radical (unpaired) electrons. The fraction of sp³-hybridized carbons (Fsp3) is 0.630. The summed E-state index contributed by atoms with van der Waals surface area (Å²) in [4.78, 5) is 48.9. The van der Waals surface area contributed by atoms with Crippen LogP contribution in [0.25, 0.3) is 0 Å². The summed E-state index contributed by atoms with van der Waals surface area (Å²) in [5.41, 5.74) is 6.65. The first-order chi connectivity index (χ1) is 16.8. The first-order valence-electron chi connectivity index (χ1n) is 12.5. The lowest BCUT2D eigenvalue weighted by molar-refractivity contribution is -0.168. The van der Waals surface area contributed by atoms with Gasteiger partial charge in [-0.05, 0) is 44.4 Å². The minimum atomic E-state index is -1.02. The molecule has 0 amide bonds. The van der Waals surface area contributed by atoms with Crippen LogP contribution in [-0.2, 0) is 35.1 Å². The van der Waals surface area contributed by atoms with Crippen LogP contribution >= 0.6 is 0 Å². The normalized spacial score (nSPS) is 14.5. The number of nitrogens with two attached hydrogens (primary N) is 1. The van der Waals surface area contributed by atoms with Crippen molar-refractivity contribution in [1.29, 1.82) is 0 Å².